The Hall–Kier alpha value is -1.07. The predicted octanol–water partition coefficient (Wildman–Crippen LogP) is 1.09. The van der Waals surface area contributed by atoms with Gasteiger partial charge in [-0.05, 0) is 24.0 Å². The monoisotopic (exact) mass is 328 g/mol. The Morgan fingerprint density at radius 1 is 1.48 bits per heavy atom. The summed E-state index contributed by atoms with van der Waals surface area (Å²) in [5, 5.41) is 8.67. The number of rotatable bonds is 7. The number of pyridine rings is 1. The molecular formula is C14H20N2O3S2. The normalized spacial score (nSPS) is 12.5. The summed E-state index contributed by atoms with van der Waals surface area (Å²) in [6, 6.07) is 1.49. The van der Waals surface area contributed by atoms with Gasteiger partial charge in [0.2, 0.25) is 10.0 Å². The van der Waals surface area contributed by atoms with Crippen LogP contribution in [0, 0.1) is 17.8 Å². The Morgan fingerprint density at radius 3 is 2.90 bits per heavy atom. The molecule has 0 aliphatic rings. The summed E-state index contributed by atoms with van der Waals surface area (Å²) in [5.41, 5.74) is 0.517. The summed E-state index contributed by atoms with van der Waals surface area (Å²) in [4.78, 5) is 4.01. The first-order valence-electron chi connectivity index (χ1n) is 6.53. The van der Waals surface area contributed by atoms with Crippen LogP contribution in [-0.4, -0.2) is 43.7 Å². The first kappa shape index (κ1) is 18.0. The number of aliphatic hydroxyl groups is 1. The van der Waals surface area contributed by atoms with E-state index in [2.05, 4.69) is 21.5 Å². The summed E-state index contributed by atoms with van der Waals surface area (Å²) in [6.45, 7) is 2.37. The zero-order valence-electron chi connectivity index (χ0n) is 12.2. The number of nitrogens with zero attached hydrogens (tertiary/aromatic N) is 1. The molecule has 0 aliphatic heterocycles. The molecule has 0 spiro atoms. The standard InChI is InChI=1S/C14H20N2O3S2/c1-12(11-20-2)8-16-21(18,19)14-7-13(9-15-10-14)5-3-4-6-17/h7,9-10,12,16-17H,4,6,8,11H2,1-2H3. The molecular weight excluding hydrogens is 308 g/mol. The molecule has 7 heteroatoms. The maximum Gasteiger partial charge on any atom is 0.242 e. The van der Waals surface area contributed by atoms with E-state index in [0.717, 1.165) is 5.75 Å². The lowest BCUT2D eigenvalue weighted by atomic mass is 10.2. The van der Waals surface area contributed by atoms with Crippen molar-refractivity contribution in [1.82, 2.24) is 9.71 Å². The largest absolute Gasteiger partial charge is 0.395 e. The van der Waals surface area contributed by atoms with Gasteiger partial charge in [0.1, 0.15) is 4.90 Å². The number of nitrogens with one attached hydrogen (secondary N) is 1. The van der Waals surface area contributed by atoms with E-state index in [9.17, 15) is 8.42 Å². The molecule has 1 heterocycles. The molecule has 1 aromatic rings. The minimum atomic E-state index is -3.57. The Morgan fingerprint density at radius 2 is 2.24 bits per heavy atom. The van der Waals surface area contributed by atoms with Crippen molar-refractivity contribution in [3.05, 3.63) is 24.0 Å². The highest BCUT2D eigenvalue weighted by molar-refractivity contribution is 7.98. The quantitative estimate of drug-likeness (QED) is 0.733. The van der Waals surface area contributed by atoms with Crippen molar-refractivity contribution in [2.45, 2.75) is 18.2 Å². The van der Waals surface area contributed by atoms with Gasteiger partial charge in [-0.25, -0.2) is 13.1 Å². The zero-order valence-corrected chi connectivity index (χ0v) is 13.8. The van der Waals surface area contributed by atoms with Gasteiger partial charge in [0, 0.05) is 30.9 Å². The molecule has 0 aliphatic carbocycles. The number of thioether (sulfide) groups is 1. The van der Waals surface area contributed by atoms with Crippen LogP contribution >= 0.6 is 11.8 Å². The van der Waals surface area contributed by atoms with E-state index < -0.39 is 10.0 Å². The first-order chi connectivity index (χ1) is 9.99. The van der Waals surface area contributed by atoms with E-state index in [1.165, 1.54) is 18.5 Å². The molecule has 1 rings (SSSR count). The average Bonchev–Trinajstić information content (AvgIpc) is 2.46. The topological polar surface area (TPSA) is 79.3 Å². The smallest absolute Gasteiger partial charge is 0.242 e. The van der Waals surface area contributed by atoms with Gasteiger partial charge in [-0.1, -0.05) is 18.8 Å². The van der Waals surface area contributed by atoms with Crippen LogP contribution in [0.5, 0.6) is 0 Å². The highest BCUT2D eigenvalue weighted by Gasteiger charge is 2.15. The lowest BCUT2D eigenvalue weighted by molar-refractivity contribution is 0.305. The van der Waals surface area contributed by atoms with Crippen LogP contribution in [0.25, 0.3) is 0 Å². The third-order valence-electron chi connectivity index (χ3n) is 2.57. The highest BCUT2D eigenvalue weighted by atomic mass is 32.2. The number of sulfonamides is 1. The number of hydrogen-bond donors (Lipinski definition) is 2. The summed E-state index contributed by atoms with van der Waals surface area (Å²) < 4.78 is 26.9. The van der Waals surface area contributed by atoms with Crippen molar-refractivity contribution < 1.29 is 13.5 Å². The van der Waals surface area contributed by atoms with E-state index in [4.69, 9.17) is 5.11 Å². The van der Waals surface area contributed by atoms with Gasteiger partial charge in [-0.2, -0.15) is 11.8 Å². The molecule has 5 nitrogen and oxygen atoms in total. The van der Waals surface area contributed by atoms with Crippen LogP contribution in [0.3, 0.4) is 0 Å². The molecule has 0 radical (unpaired) electrons. The first-order valence-corrected chi connectivity index (χ1v) is 9.40. The van der Waals surface area contributed by atoms with Crippen molar-refractivity contribution in [1.29, 1.82) is 0 Å². The van der Waals surface area contributed by atoms with Crippen molar-refractivity contribution in [3.8, 4) is 11.8 Å². The molecule has 21 heavy (non-hydrogen) atoms. The van der Waals surface area contributed by atoms with E-state index in [0.29, 0.717) is 18.5 Å². The maximum atomic E-state index is 12.2. The van der Waals surface area contributed by atoms with E-state index in [-0.39, 0.29) is 17.4 Å². The van der Waals surface area contributed by atoms with E-state index >= 15 is 0 Å². The van der Waals surface area contributed by atoms with Crippen molar-refractivity contribution in [2.24, 2.45) is 5.92 Å². The van der Waals surface area contributed by atoms with Gasteiger partial charge >= 0.3 is 0 Å². The summed E-state index contributed by atoms with van der Waals surface area (Å²) in [5.74, 6) is 6.67. The fourth-order valence-electron chi connectivity index (χ4n) is 1.53. The van der Waals surface area contributed by atoms with Crippen LogP contribution in [0.2, 0.25) is 0 Å². The molecule has 0 saturated heterocycles. The molecule has 116 valence electrons. The van der Waals surface area contributed by atoms with Crippen LogP contribution in [0.15, 0.2) is 23.4 Å². The van der Waals surface area contributed by atoms with E-state index in [1.54, 1.807) is 11.8 Å². The van der Waals surface area contributed by atoms with Gasteiger partial charge < -0.3 is 5.11 Å². The molecule has 0 bridgehead atoms. The highest BCUT2D eigenvalue weighted by Crippen LogP contribution is 2.10. The Balaban J connectivity index is 2.79. The van der Waals surface area contributed by atoms with Gasteiger partial charge in [-0.15, -0.1) is 0 Å². The summed E-state index contributed by atoms with van der Waals surface area (Å²) >= 11 is 1.68. The molecule has 2 N–H and O–H groups in total. The third-order valence-corrected chi connectivity index (χ3v) is 4.86. The van der Waals surface area contributed by atoms with Crippen LogP contribution in [0.1, 0.15) is 18.9 Å². The maximum absolute atomic E-state index is 12.2. The second-order valence-corrected chi connectivity index (χ2v) is 7.27. The molecule has 0 fully saturated rings. The second-order valence-electron chi connectivity index (χ2n) is 4.60. The number of aromatic nitrogens is 1. The molecule has 0 amide bonds. The molecule has 0 aromatic carbocycles. The molecule has 1 unspecified atom stereocenters. The minimum Gasteiger partial charge on any atom is -0.395 e. The molecule has 0 saturated carbocycles. The third kappa shape index (κ3) is 6.48. The van der Waals surface area contributed by atoms with Gasteiger partial charge in [-0.3, -0.25) is 4.98 Å². The zero-order chi connectivity index (χ0) is 15.7. The average molecular weight is 328 g/mol. The van der Waals surface area contributed by atoms with Crippen molar-refractivity contribution in [3.63, 3.8) is 0 Å². The fraction of sp³-hybridized carbons (Fsp3) is 0.500. The van der Waals surface area contributed by atoms with Crippen molar-refractivity contribution >= 4 is 21.8 Å². The summed E-state index contributed by atoms with van der Waals surface area (Å²) in [6.07, 6.45) is 5.14. The van der Waals surface area contributed by atoms with Crippen LogP contribution in [-0.2, 0) is 10.0 Å². The van der Waals surface area contributed by atoms with Gasteiger partial charge in [0.15, 0.2) is 0 Å². The molecule has 1 atom stereocenters. The lowest BCUT2D eigenvalue weighted by Gasteiger charge is -2.11. The summed E-state index contributed by atoms with van der Waals surface area (Å²) in [7, 11) is -3.57. The minimum absolute atomic E-state index is 0.0205. The van der Waals surface area contributed by atoms with E-state index in [1.807, 2.05) is 13.2 Å². The lowest BCUT2D eigenvalue weighted by Crippen LogP contribution is -2.29. The van der Waals surface area contributed by atoms with Crippen LogP contribution < -0.4 is 4.72 Å². The Labute approximate surface area is 130 Å². The fourth-order valence-corrected chi connectivity index (χ4v) is 3.37. The van der Waals surface area contributed by atoms with Gasteiger partial charge in [0.25, 0.3) is 0 Å². The van der Waals surface area contributed by atoms with Crippen LogP contribution in [0.4, 0.5) is 0 Å². The van der Waals surface area contributed by atoms with Gasteiger partial charge in [0.05, 0.1) is 6.61 Å². The number of hydrogen-bond acceptors (Lipinski definition) is 5. The SMILES string of the molecule is CSCC(C)CNS(=O)(=O)c1cncc(C#CCCO)c1. The molecule has 1 aromatic heterocycles. The number of aliphatic hydroxyl groups excluding tert-OH is 1. The predicted molar refractivity (Wildman–Crippen MR) is 85.6 cm³/mol. The Kier molecular flexibility index (Phi) is 7.75. The second kappa shape index (κ2) is 9.05. The van der Waals surface area contributed by atoms with Crippen molar-refractivity contribution in [2.75, 3.05) is 25.2 Å². The Bertz CT molecular complexity index is 606.